The summed E-state index contributed by atoms with van der Waals surface area (Å²) in [6, 6.07) is 5.09. The molecule has 1 amide bonds. The maximum absolute atomic E-state index is 11.6. The monoisotopic (exact) mass is 252 g/mol. The van der Waals surface area contributed by atoms with Gasteiger partial charge in [0, 0.05) is 12.6 Å². The molecule has 2 N–H and O–H groups in total. The first-order chi connectivity index (χ1) is 8.62. The van der Waals surface area contributed by atoms with E-state index in [1.807, 2.05) is 19.1 Å². The molecule has 0 bridgehead atoms. The van der Waals surface area contributed by atoms with Crippen LogP contribution in [0.25, 0.3) is 0 Å². The van der Waals surface area contributed by atoms with Crippen LogP contribution in [0.15, 0.2) is 18.2 Å². The molecule has 5 nitrogen and oxygen atoms in total. The minimum absolute atomic E-state index is 0.0460. The lowest BCUT2D eigenvalue weighted by Crippen LogP contribution is -2.37. The van der Waals surface area contributed by atoms with E-state index in [1.165, 1.54) is 0 Å². The minimum atomic E-state index is -0.327. The van der Waals surface area contributed by atoms with Crippen LogP contribution in [-0.2, 0) is 4.79 Å². The fourth-order valence-electron chi connectivity index (χ4n) is 1.54. The van der Waals surface area contributed by atoms with Crippen LogP contribution in [0.1, 0.15) is 13.8 Å². The quantitative estimate of drug-likeness (QED) is 0.808. The van der Waals surface area contributed by atoms with Crippen molar-refractivity contribution in [2.24, 2.45) is 0 Å². The molecular weight excluding hydrogens is 232 g/mol. The Morgan fingerprint density at radius 2 is 2.06 bits per heavy atom. The molecule has 1 aromatic carbocycles. The van der Waals surface area contributed by atoms with E-state index in [9.17, 15) is 4.79 Å². The van der Waals surface area contributed by atoms with E-state index >= 15 is 0 Å². The molecule has 5 heteroatoms. The lowest BCUT2D eigenvalue weighted by atomic mass is 10.2. The van der Waals surface area contributed by atoms with Gasteiger partial charge in [0.25, 0.3) is 0 Å². The van der Waals surface area contributed by atoms with E-state index in [0.29, 0.717) is 18.0 Å². The number of carbonyl (C=O) groups is 1. The molecule has 1 aromatic rings. The van der Waals surface area contributed by atoms with Crippen molar-refractivity contribution < 1.29 is 14.3 Å². The first-order valence-corrected chi connectivity index (χ1v) is 5.88. The molecular formula is C13H20N2O3. The standard InChI is InChI=1S/C13H20N2O3/c1-5-14-13(16)9(2)15-11-7-6-10(17-3)8-12(11)18-4/h6-9,15H,5H2,1-4H3,(H,14,16)/t9-/m0/s1. The largest absolute Gasteiger partial charge is 0.497 e. The Labute approximate surface area is 107 Å². The van der Waals surface area contributed by atoms with Gasteiger partial charge < -0.3 is 20.1 Å². The second-order valence-corrected chi connectivity index (χ2v) is 3.83. The van der Waals surface area contributed by atoms with Crippen molar-refractivity contribution in [2.45, 2.75) is 19.9 Å². The van der Waals surface area contributed by atoms with E-state index in [1.54, 1.807) is 27.2 Å². The topological polar surface area (TPSA) is 59.6 Å². The third-order valence-corrected chi connectivity index (χ3v) is 2.52. The summed E-state index contributed by atoms with van der Waals surface area (Å²) in [5, 5.41) is 5.86. The van der Waals surface area contributed by atoms with Gasteiger partial charge in [0.1, 0.15) is 17.5 Å². The predicted octanol–water partition coefficient (Wildman–Crippen LogP) is 1.64. The van der Waals surface area contributed by atoms with Gasteiger partial charge in [-0.2, -0.15) is 0 Å². The number of nitrogens with one attached hydrogen (secondary N) is 2. The average molecular weight is 252 g/mol. The Morgan fingerprint density at radius 3 is 2.61 bits per heavy atom. The summed E-state index contributed by atoms with van der Waals surface area (Å²) in [7, 11) is 3.18. The molecule has 0 aromatic heterocycles. The maximum Gasteiger partial charge on any atom is 0.242 e. The van der Waals surface area contributed by atoms with Crippen molar-refractivity contribution in [2.75, 3.05) is 26.1 Å². The Hall–Kier alpha value is -1.91. The molecule has 0 fully saturated rings. The van der Waals surface area contributed by atoms with Crippen LogP contribution in [-0.4, -0.2) is 32.7 Å². The van der Waals surface area contributed by atoms with Crippen LogP contribution < -0.4 is 20.1 Å². The number of carbonyl (C=O) groups excluding carboxylic acids is 1. The molecule has 100 valence electrons. The number of methoxy groups -OCH3 is 2. The average Bonchev–Trinajstić information content (AvgIpc) is 2.39. The lowest BCUT2D eigenvalue weighted by Gasteiger charge is -2.17. The van der Waals surface area contributed by atoms with Crippen LogP contribution in [0.2, 0.25) is 0 Å². The van der Waals surface area contributed by atoms with Gasteiger partial charge in [-0.25, -0.2) is 0 Å². The van der Waals surface area contributed by atoms with Gasteiger partial charge in [-0.3, -0.25) is 4.79 Å². The SMILES string of the molecule is CCNC(=O)[C@H](C)Nc1ccc(OC)cc1OC. The normalized spacial score (nSPS) is 11.6. The van der Waals surface area contributed by atoms with E-state index in [0.717, 1.165) is 5.69 Å². The molecule has 0 saturated carbocycles. The zero-order valence-corrected chi connectivity index (χ0v) is 11.2. The molecule has 18 heavy (non-hydrogen) atoms. The number of hydrogen-bond acceptors (Lipinski definition) is 4. The molecule has 1 atom stereocenters. The summed E-state index contributed by atoms with van der Waals surface area (Å²) in [5.74, 6) is 1.31. The number of hydrogen-bond donors (Lipinski definition) is 2. The lowest BCUT2D eigenvalue weighted by molar-refractivity contribution is -0.121. The van der Waals surface area contributed by atoms with Gasteiger partial charge >= 0.3 is 0 Å². The molecule has 0 saturated heterocycles. The fraction of sp³-hybridized carbons (Fsp3) is 0.462. The van der Waals surface area contributed by atoms with Gasteiger partial charge in [-0.1, -0.05) is 0 Å². The number of rotatable bonds is 6. The van der Waals surface area contributed by atoms with Crippen LogP contribution in [0.3, 0.4) is 0 Å². The van der Waals surface area contributed by atoms with Crippen LogP contribution in [0.4, 0.5) is 5.69 Å². The van der Waals surface area contributed by atoms with Gasteiger partial charge in [-0.15, -0.1) is 0 Å². The minimum Gasteiger partial charge on any atom is -0.497 e. The number of benzene rings is 1. The van der Waals surface area contributed by atoms with E-state index < -0.39 is 0 Å². The number of ether oxygens (including phenoxy) is 2. The van der Waals surface area contributed by atoms with Crippen molar-refractivity contribution in [1.82, 2.24) is 5.32 Å². The Kier molecular flexibility index (Phi) is 5.30. The van der Waals surface area contributed by atoms with E-state index in [-0.39, 0.29) is 11.9 Å². The smallest absolute Gasteiger partial charge is 0.242 e. The second kappa shape index (κ2) is 6.74. The molecule has 1 rings (SSSR count). The van der Waals surface area contributed by atoms with Crippen molar-refractivity contribution in [3.05, 3.63) is 18.2 Å². The van der Waals surface area contributed by atoms with Crippen molar-refractivity contribution >= 4 is 11.6 Å². The number of anilines is 1. The number of amides is 1. The van der Waals surface area contributed by atoms with E-state index in [4.69, 9.17) is 9.47 Å². The van der Waals surface area contributed by atoms with Gasteiger partial charge in [0.15, 0.2) is 0 Å². The molecule has 0 aliphatic heterocycles. The van der Waals surface area contributed by atoms with Gasteiger partial charge in [-0.05, 0) is 26.0 Å². The zero-order valence-electron chi connectivity index (χ0n) is 11.2. The maximum atomic E-state index is 11.6. The summed E-state index contributed by atoms with van der Waals surface area (Å²) in [6.07, 6.45) is 0. The summed E-state index contributed by atoms with van der Waals surface area (Å²) in [5.41, 5.74) is 0.761. The second-order valence-electron chi connectivity index (χ2n) is 3.83. The van der Waals surface area contributed by atoms with Crippen molar-refractivity contribution in [1.29, 1.82) is 0 Å². The highest BCUT2D eigenvalue weighted by Crippen LogP contribution is 2.29. The first-order valence-electron chi connectivity index (χ1n) is 5.88. The molecule has 0 radical (unpaired) electrons. The molecule has 0 unspecified atom stereocenters. The molecule has 0 aliphatic rings. The first kappa shape index (κ1) is 14.2. The summed E-state index contributed by atoms with van der Waals surface area (Å²) in [6.45, 7) is 4.30. The third-order valence-electron chi connectivity index (χ3n) is 2.52. The Balaban J connectivity index is 2.80. The fourth-order valence-corrected chi connectivity index (χ4v) is 1.54. The van der Waals surface area contributed by atoms with Gasteiger partial charge in [0.2, 0.25) is 5.91 Å². The van der Waals surface area contributed by atoms with Crippen LogP contribution >= 0.6 is 0 Å². The van der Waals surface area contributed by atoms with Crippen molar-refractivity contribution in [3.8, 4) is 11.5 Å². The Bertz CT molecular complexity index is 407. The van der Waals surface area contributed by atoms with Crippen LogP contribution in [0.5, 0.6) is 11.5 Å². The molecule has 0 spiro atoms. The van der Waals surface area contributed by atoms with Crippen molar-refractivity contribution in [3.63, 3.8) is 0 Å². The van der Waals surface area contributed by atoms with Crippen LogP contribution in [0, 0.1) is 0 Å². The molecule has 0 aliphatic carbocycles. The summed E-state index contributed by atoms with van der Waals surface area (Å²) >= 11 is 0. The highest BCUT2D eigenvalue weighted by molar-refractivity contribution is 5.84. The highest BCUT2D eigenvalue weighted by atomic mass is 16.5. The van der Waals surface area contributed by atoms with Gasteiger partial charge in [0.05, 0.1) is 19.9 Å². The predicted molar refractivity (Wildman–Crippen MR) is 71.3 cm³/mol. The number of likely N-dealkylation sites (N-methyl/N-ethyl adjacent to an activating group) is 1. The zero-order chi connectivity index (χ0) is 13.5. The Morgan fingerprint density at radius 1 is 1.33 bits per heavy atom. The highest BCUT2D eigenvalue weighted by Gasteiger charge is 2.14. The molecule has 0 heterocycles. The summed E-state index contributed by atoms with van der Waals surface area (Å²) in [4.78, 5) is 11.6. The van der Waals surface area contributed by atoms with E-state index in [2.05, 4.69) is 10.6 Å². The third kappa shape index (κ3) is 3.55. The summed E-state index contributed by atoms with van der Waals surface area (Å²) < 4.78 is 10.4.